The van der Waals surface area contributed by atoms with E-state index in [0.29, 0.717) is 27.8 Å². The van der Waals surface area contributed by atoms with Gasteiger partial charge in [0, 0.05) is 37.2 Å². The summed E-state index contributed by atoms with van der Waals surface area (Å²) in [4.78, 5) is 61.5. The van der Waals surface area contributed by atoms with E-state index in [-0.39, 0.29) is 54.0 Å². The Bertz CT molecular complexity index is 2680. The molecule has 1 aliphatic carbocycles. The summed E-state index contributed by atoms with van der Waals surface area (Å²) in [5, 5.41) is 23.7. The summed E-state index contributed by atoms with van der Waals surface area (Å²) < 4.78 is 3.82. The minimum absolute atomic E-state index is 0.0285. The zero-order valence-corrected chi connectivity index (χ0v) is 39.1. The molecule has 0 unspecified atom stereocenters. The van der Waals surface area contributed by atoms with Crippen molar-refractivity contribution in [3.63, 3.8) is 0 Å². The van der Waals surface area contributed by atoms with Gasteiger partial charge < -0.3 is 20.2 Å². The molecule has 342 valence electrons. The molecule has 14 heteroatoms. The highest BCUT2D eigenvalue weighted by molar-refractivity contribution is 6.35. The number of piperidine rings is 1. The lowest BCUT2D eigenvalue weighted by molar-refractivity contribution is -0.142. The number of hydrogen-bond donors (Lipinski definition) is 2. The van der Waals surface area contributed by atoms with E-state index in [1.807, 2.05) is 51.2 Å². The van der Waals surface area contributed by atoms with Crippen LogP contribution in [0.4, 0.5) is 0 Å². The molecule has 2 aromatic heterocycles. The maximum absolute atomic E-state index is 14.3. The number of hydrogen-bond acceptors (Lipinski definition) is 9. The Morgan fingerprint density at radius 3 is 2.35 bits per heavy atom. The molecule has 2 N–H and O–H groups in total. The van der Waals surface area contributed by atoms with Crippen molar-refractivity contribution in [2.24, 2.45) is 11.8 Å². The second kappa shape index (κ2) is 17.9. The van der Waals surface area contributed by atoms with E-state index in [9.17, 15) is 24.3 Å². The average molecular weight is 902 g/mol. The van der Waals surface area contributed by atoms with Crippen LogP contribution in [0.15, 0.2) is 71.7 Å². The maximum atomic E-state index is 14.3. The van der Waals surface area contributed by atoms with E-state index >= 15 is 0 Å². The first-order chi connectivity index (χ1) is 31.1. The number of aliphatic hydroxyl groups is 1. The van der Waals surface area contributed by atoms with E-state index in [2.05, 4.69) is 62.1 Å². The number of Topliss-reactive ketones (excluding diaryl/α,β-unsaturated/α-hetero) is 1. The van der Waals surface area contributed by atoms with Crippen molar-refractivity contribution in [2.45, 2.75) is 128 Å². The predicted molar refractivity (Wildman–Crippen MR) is 251 cm³/mol. The van der Waals surface area contributed by atoms with Gasteiger partial charge in [-0.25, -0.2) is 4.68 Å². The van der Waals surface area contributed by atoms with E-state index < -0.39 is 23.6 Å². The molecule has 13 nitrogen and oxygen atoms in total. The van der Waals surface area contributed by atoms with Crippen LogP contribution in [0.1, 0.15) is 149 Å². The zero-order valence-electron chi connectivity index (χ0n) is 38.3. The van der Waals surface area contributed by atoms with Crippen LogP contribution >= 0.6 is 11.6 Å². The third-order valence-corrected chi connectivity index (χ3v) is 15.3. The van der Waals surface area contributed by atoms with E-state index in [1.165, 1.54) is 23.0 Å². The molecule has 0 bridgehead atoms. The van der Waals surface area contributed by atoms with Gasteiger partial charge in [-0.15, -0.1) is 5.10 Å². The Labute approximate surface area is 385 Å². The number of rotatable bonds is 11. The normalized spacial score (nSPS) is 23.1. The van der Waals surface area contributed by atoms with Crippen LogP contribution in [0.5, 0.6) is 0 Å². The molecule has 4 aliphatic rings. The number of carbonyl (C=O) groups excluding carboxylic acids is 3. The van der Waals surface area contributed by atoms with Gasteiger partial charge in [0.2, 0.25) is 11.8 Å². The zero-order chi connectivity index (χ0) is 45.9. The summed E-state index contributed by atoms with van der Waals surface area (Å²) in [6.07, 6.45) is 7.72. The number of aliphatic hydroxyl groups excluding tert-OH is 1. The quantitative estimate of drug-likeness (QED) is 0.127. The van der Waals surface area contributed by atoms with E-state index in [4.69, 9.17) is 11.6 Å². The number of nitrogens with one attached hydrogen (secondary N) is 1. The van der Waals surface area contributed by atoms with Crippen LogP contribution in [-0.4, -0.2) is 95.4 Å². The average Bonchev–Trinajstić information content (AvgIpc) is 3.99. The fourth-order valence-corrected chi connectivity index (χ4v) is 11.4. The summed E-state index contributed by atoms with van der Waals surface area (Å²) in [6.45, 7) is 14.9. The fourth-order valence-electron chi connectivity index (χ4n) is 11.2. The number of halogens is 1. The van der Waals surface area contributed by atoms with Crippen molar-refractivity contribution in [1.82, 2.24) is 39.7 Å². The van der Waals surface area contributed by atoms with Crippen molar-refractivity contribution in [3.8, 4) is 5.69 Å². The number of ketones is 1. The number of benzene rings is 3. The molecule has 2 saturated heterocycles. The van der Waals surface area contributed by atoms with Crippen LogP contribution in [-0.2, 0) is 15.0 Å². The van der Waals surface area contributed by atoms with Gasteiger partial charge in [0.15, 0.2) is 5.78 Å². The summed E-state index contributed by atoms with van der Waals surface area (Å²) in [5.74, 6) is 1.36. The number of amides is 2. The first kappa shape index (κ1) is 44.9. The molecule has 2 amide bonds. The molecule has 5 aromatic rings. The summed E-state index contributed by atoms with van der Waals surface area (Å²) in [5.41, 5.74) is 6.06. The van der Waals surface area contributed by atoms with Gasteiger partial charge in [0.25, 0.3) is 5.56 Å². The highest BCUT2D eigenvalue weighted by Gasteiger charge is 2.44. The Hall–Kier alpha value is -5.24. The molecular formula is C51H61ClN8O5. The SMILES string of the molecule is CC(=O)c1ccc([C@H](C)NC(=O)[C@@H]2C[C@@H](O)CN2C(=O)[C@H](C(C)C)n2cc(C3CCC(CN4CCC(c5ccc6c(c5)-n5c(nc(=O)c7c(Cl)cccc75)C6(C)C)CC4)CC3)nn2)cc1. The second-order valence-electron chi connectivity index (χ2n) is 20.0. The first-order valence-electron chi connectivity index (χ1n) is 23.5. The van der Waals surface area contributed by atoms with Crippen LogP contribution < -0.4 is 10.9 Å². The number of fused-ring (bicyclic) bond motifs is 5. The van der Waals surface area contributed by atoms with Crippen molar-refractivity contribution < 1.29 is 19.5 Å². The Kier molecular flexibility index (Phi) is 12.3. The first-order valence-corrected chi connectivity index (χ1v) is 23.9. The number of likely N-dealkylation sites (tertiary alicyclic amines) is 2. The van der Waals surface area contributed by atoms with Gasteiger partial charge in [-0.2, -0.15) is 4.98 Å². The van der Waals surface area contributed by atoms with Crippen LogP contribution in [0.25, 0.3) is 16.6 Å². The molecule has 3 aliphatic heterocycles. The van der Waals surface area contributed by atoms with Crippen molar-refractivity contribution in [2.75, 3.05) is 26.2 Å². The molecule has 3 aromatic carbocycles. The highest BCUT2D eigenvalue weighted by Crippen LogP contribution is 2.45. The van der Waals surface area contributed by atoms with Crippen LogP contribution in [0.2, 0.25) is 5.02 Å². The predicted octanol–water partition coefficient (Wildman–Crippen LogP) is 7.66. The topological polar surface area (TPSA) is 156 Å². The summed E-state index contributed by atoms with van der Waals surface area (Å²) >= 11 is 6.53. The van der Waals surface area contributed by atoms with Gasteiger partial charge in [0.1, 0.15) is 17.9 Å². The smallest absolute Gasteiger partial charge is 0.282 e. The number of nitrogens with zero attached hydrogens (tertiary/aromatic N) is 7. The number of carbonyl (C=O) groups is 3. The van der Waals surface area contributed by atoms with Gasteiger partial charge in [0.05, 0.1) is 44.9 Å². The second-order valence-corrected chi connectivity index (χ2v) is 20.4. The molecular weight excluding hydrogens is 840 g/mol. The van der Waals surface area contributed by atoms with Crippen molar-refractivity contribution >= 4 is 40.1 Å². The molecule has 5 heterocycles. The molecule has 1 saturated carbocycles. The fraction of sp³-hybridized carbons (Fsp3) is 0.510. The Morgan fingerprint density at radius 2 is 1.66 bits per heavy atom. The Balaban J connectivity index is 0.791. The lowest BCUT2D eigenvalue weighted by atomic mass is 9.80. The van der Waals surface area contributed by atoms with Crippen LogP contribution in [0.3, 0.4) is 0 Å². The van der Waals surface area contributed by atoms with E-state index in [0.717, 1.165) is 86.4 Å². The molecule has 4 atom stereocenters. The van der Waals surface area contributed by atoms with Crippen molar-refractivity contribution in [3.05, 3.63) is 116 Å². The van der Waals surface area contributed by atoms with Gasteiger partial charge in [-0.05, 0) is 132 Å². The standard InChI is InChI=1S/C51H61ClN8O5/c1-29(2)46(49(65)58-27-38(62)25-44(58)47(63)53-30(3)33-14-16-34(17-15-33)31(4)61)59-28-41(55-56-59)36-12-10-32(11-13-36)26-57-22-20-35(21-23-57)37-18-19-39-43(24-37)60-42-9-7-8-40(52)45(42)48(64)54-50(60)51(39,5)6/h7-9,14-19,24,28-30,32,35-36,38,44,46,62H,10-13,20-23,25-27H2,1-6H3,(H,53,63)/t30-,32?,36?,38+,44-,46-/m0/s1. The maximum Gasteiger partial charge on any atom is 0.282 e. The van der Waals surface area contributed by atoms with Crippen molar-refractivity contribution in [1.29, 1.82) is 0 Å². The minimum Gasteiger partial charge on any atom is -0.391 e. The third kappa shape index (κ3) is 8.55. The summed E-state index contributed by atoms with van der Waals surface area (Å²) in [7, 11) is 0. The molecule has 0 spiro atoms. The third-order valence-electron chi connectivity index (χ3n) is 14.9. The number of aromatic nitrogens is 5. The molecule has 65 heavy (non-hydrogen) atoms. The number of β-amino-alcohol motifs (C(OH)–C–C–N with tert-alkyl or cyclic N) is 1. The molecule has 3 fully saturated rings. The largest absolute Gasteiger partial charge is 0.391 e. The van der Waals surface area contributed by atoms with Crippen LogP contribution in [0, 0.1) is 11.8 Å². The van der Waals surface area contributed by atoms with E-state index in [1.54, 1.807) is 22.9 Å². The Morgan fingerprint density at radius 1 is 0.938 bits per heavy atom. The van der Waals surface area contributed by atoms with Gasteiger partial charge in [-0.1, -0.05) is 73.1 Å². The monoisotopic (exact) mass is 900 g/mol. The molecule has 0 radical (unpaired) electrons. The lowest BCUT2D eigenvalue weighted by Gasteiger charge is -2.36. The minimum atomic E-state index is -0.819. The lowest BCUT2D eigenvalue weighted by Crippen LogP contribution is -2.49. The van der Waals surface area contributed by atoms with Gasteiger partial charge in [-0.3, -0.25) is 23.7 Å². The highest BCUT2D eigenvalue weighted by atomic mass is 35.5. The summed E-state index contributed by atoms with van der Waals surface area (Å²) in [6, 6.07) is 17.8. The van der Waals surface area contributed by atoms with Gasteiger partial charge >= 0.3 is 0 Å². The molecule has 9 rings (SSSR count).